The number of pyridine rings is 1. The number of carboxylic acid groups (broad SMARTS) is 1. The number of phenols is 1. The van der Waals surface area contributed by atoms with Gasteiger partial charge in [-0.1, -0.05) is 0 Å². The van der Waals surface area contributed by atoms with Gasteiger partial charge in [0, 0.05) is 35.8 Å². The summed E-state index contributed by atoms with van der Waals surface area (Å²) < 4.78 is 12.6. The molecular weight excluding hydrogens is 350 g/mol. The van der Waals surface area contributed by atoms with Crippen LogP contribution in [0.2, 0.25) is 0 Å². The average molecular weight is 369 g/mol. The van der Waals surface area contributed by atoms with Crippen LogP contribution < -0.4 is 14.9 Å². The number of hydrogen-bond acceptors (Lipinski definition) is 5. The van der Waals surface area contributed by atoms with E-state index in [1.54, 1.807) is 18.2 Å². The zero-order valence-electron chi connectivity index (χ0n) is 15.1. The topological polar surface area (TPSA) is 98.0 Å². The maximum absolute atomic E-state index is 12.5. The van der Waals surface area contributed by atoms with Gasteiger partial charge in [0.25, 0.3) is 0 Å². The number of fused-ring (bicyclic) bond motifs is 1. The molecule has 27 heavy (non-hydrogen) atoms. The summed E-state index contributed by atoms with van der Waals surface area (Å²) in [6.45, 7) is 3.77. The first-order chi connectivity index (χ1) is 12.8. The monoisotopic (exact) mass is 369 g/mol. The minimum atomic E-state index is -1.33. The summed E-state index contributed by atoms with van der Waals surface area (Å²) >= 11 is 0. The summed E-state index contributed by atoms with van der Waals surface area (Å²) in [6, 6.07) is 9.27. The summed E-state index contributed by atoms with van der Waals surface area (Å²) in [5.74, 6) is -0.333. The maximum atomic E-state index is 12.5. The third-order valence-electron chi connectivity index (χ3n) is 3.97. The van der Waals surface area contributed by atoms with Crippen molar-refractivity contribution in [2.24, 2.45) is 0 Å². The third-order valence-corrected chi connectivity index (χ3v) is 3.97. The third kappa shape index (κ3) is 3.57. The highest BCUT2D eigenvalue weighted by molar-refractivity contribution is 5.93. The molecule has 0 atom stereocenters. The lowest BCUT2D eigenvalue weighted by molar-refractivity contribution is 0.0695. The van der Waals surface area contributed by atoms with Gasteiger partial charge in [-0.2, -0.15) is 0 Å². The molecule has 0 fully saturated rings. The Hall–Kier alpha value is -3.48. The van der Waals surface area contributed by atoms with Gasteiger partial charge < -0.3 is 24.3 Å². The van der Waals surface area contributed by atoms with E-state index in [-0.39, 0.29) is 22.8 Å². The number of carbonyl (C=O) groups is 1. The Morgan fingerprint density at radius 2 is 1.81 bits per heavy atom. The maximum Gasteiger partial charge on any atom is 0.341 e. The Kier molecular flexibility index (Phi) is 4.77. The van der Waals surface area contributed by atoms with Crippen molar-refractivity contribution in [2.75, 3.05) is 7.11 Å². The van der Waals surface area contributed by atoms with E-state index in [0.29, 0.717) is 22.7 Å². The number of aromatic hydroxyl groups is 1. The van der Waals surface area contributed by atoms with E-state index in [2.05, 4.69) is 0 Å². The number of carboxylic acids is 1. The van der Waals surface area contributed by atoms with Crippen LogP contribution in [0.15, 0.2) is 47.4 Å². The lowest BCUT2D eigenvalue weighted by Crippen LogP contribution is -2.18. The Labute approximate surface area is 155 Å². The van der Waals surface area contributed by atoms with Crippen LogP contribution in [0.3, 0.4) is 0 Å². The second-order valence-electron chi connectivity index (χ2n) is 6.28. The second-order valence-corrected chi connectivity index (χ2v) is 6.28. The van der Waals surface area contributed by atoms with Crippen LogP contribution >= 0.6 is 0 Å². The molecular formula is C20H19NO6. The first-order valence-corrected chi connectivity index (χ1v) is 8.28. The number of nitrogens with zero attached hydrogens (tertiary/aromatic N) is 1. The van der Waals surface area contributed by atoms with E-state index in [0.717, 1.165) is 0 Å². The normalized spacial score (nSPS) is 11.0. The van der Waals surface area contributed by atoms with Crippen molar-refractivity contribution < 1.29 is 24.5 Å². The van der Waals surface area contributed by atoms with Gasteiger partial charge in [0.05, 0.1) is 24.4 Å². The Balaban J connectivity index is 2.36. The van der Waals surface area contributed by atoms with Crippen molar-refractivity contribution in [2.45, 2.75) is 20.0 Å². The number of hydrogen-bond donors (Lipinski definition) is 2. The molecule has 3 rings (SSSR count). The molecule has 0 radical (unpaired) electrons. The standard InChI is InChI=1S/C20H19NO6/c1-11(2)27-15-7-12(6-14(9-15)26-3)21-10-17(20(24)25)19(23)16-5-4-13(22)8-18(16)21/h4-11,22H,1-3H3,(H,24,25). The fourth-order valence-electron chi connectivity index (χ4n) is 2.83. The van der Waals surface area contributed by atoms with Crippen LogP contribution in [0.1, 0.15) is 24.2 Å². The van der Waals surface area contributed by atoms with Crippen molar-refractivity contribution in [3.8, 4) is 22.9 Å². The van der Waals surface area contributed by atoms with E-state index >= 15 is 0 Å². The number of aromatic carboxylic acids is 1. The average Bonchev–Trinajstić information content (AvgIpc) is 2.60. The molecule has 2 N–H and O–H groups in total. The van der Waals surface area contributed by atoms with Crippen molar-refractivity contribution in [1.82, 2.24) is 4.57 Å². The highest BCUT2D eigenvalue weighted by Crippen LogP contribution is 2.29. The zero-order chi connectivity index (χ0) is 19.7. The largest absolute Gasteiger partial charge is 0.508 e. The minimum Gasteiger partial charge on any atom is -0.508 e. The van der Waals surface area contributed by atoms with E-state index < -0.39 is 11.4 Å². The van der Waals surface area contributed by atoms with Crippen LogP contribution in [-0.4, -0.2) is 34.0 Å². The van der Waals surface area contributed by atoms with E-state index in [9.17, 15) is 19.8 Å². The van der Waals surface area contributed by atoms with Gasteiger partial charge in [-0.3, -0.25) is 4.79 Å². The molecule has 0 amide bonds. The van der Waals surface area contributed by atoms with Crippen LogP contribution in [0, 0.1) is 0 Å². The molecule has 7 nitrogen and oxygen atoms in total. The van der Waals surface area contributed by atoms with Crippen LogP contribution in [0.4, 0.5) is 0 Å². The smallest absolute Gasteiger partial charge is 0.341 e. The minimum absolute atomic E-state index is 0.0414. The van der Waals surface area contributed by atoms with Crippen LogP contribution in [0.5, 0.6) is 17.2 Å². The first kappa shape index (κ1) is 18.3. The fourth-order valence-corrected chi connectivity index (χ4v) is 2.83. The van der Waals surface area contributed by atoms with E-state index in [1.807, 2.05) is 13.8 Å². The molecule has 7 heteroatoms. The lowest BCUT2D eigenvalue weighted by atomic mass is 10.1. The van der Waals surface area contributed by atoms with Crippen LogP contribution in [-0.2, 0) is 0 Å². The van der Waals surface area contributed by atoms with Crippen molar-refractivity contribution >= 4 is 16.9 Å². The fraction of sp³-hybridized carbons (Fsp3) is 0.200. The summed E-state index contributed by atoms with van der Waals surface area (Å²) in [5, 5.41) is 19.5. The molecule has 1 aromatic heterocycles. The molecule has 0 aliphatic heterocycles. The molecule has 0 aliphatic carbocycles. The summed E-state index contributed by atoms with van der Waals surface area (Å²) in [7, 11) is 1.51. The Morgan fingerprint density at radius 1 is 1.11 bits per heavy atom. The number of aromatic nitrogens is 1. The molecule has 2 aromatic carbocycles. The van der Waals surface area contributed by atoms with Gasteiger partial charge in [-0.25, -0.2) is 4.79 Å². The first-order valence-electron chi connectivity index (χ1n) is 8.28. The van der Waals surface area contributed by atoms with Crippen LogP contribution in [0.25, 0.3) is 16.6 Å². The van der Waals surface area contributed by atoms with Gasteiger partial charge >= 0.3 is 5.97 Å². The lowest BCUT2D eigenvalue weighted by Gasteiger charge is -2.17. The number of ether oxygens (including phenoxy) is 2. The quantitative estimate of drug-likeness (QED) is 0.717. The summed E-state index contributed by atoms with van der Waals surface area (Å²) in [5.41, 5.74) is -0.0884. The number of rotatable bonds is 5. The predicted molar refractivity (Wildman–Crippen MR) is 100 cm³/mol. The molecule has 0 aliphatic rings. The highest BCUT2D eigenvalue weighted by Gasteiger charge is 2.17. The second kappa shape index (κ2) is 7.03. The molecule has 0 unspecified atom stereocenters. The van der Waals surface area contributed by atoms with E-state index in [4.69, 9.17) is 9.47 Å². The van der Waals surface area contributed by atoms with Gasteiger partial charge in [0.1, 0.15) is 22.8 Å². The number of methoxy groups -OCH3 is 1. The van der Waals surface area contributed by atoms with Crippen molar-refractivity contribution in [3.63, 3.8) is 0 Å². The molecule has 0 saturated heterocycles. The highest BCUT2D eigenvalue weighted by atomic mass is 16.5. The van der Waals surface area contributed by atoms with Gasteiger partial charge in [0.15, 0.2) is 0 Å². The Bertz CT molecular complexity index is 1080. The molecule has 1 heterocycles. The van der Waals surface area contributed by atoms with Gasteiger partial charge in [-0.05, 0) is 26.0 Å². The summed E-state index contributed by atoms with van der Waals surface area (Å²) in [6.07, 6.45) is 1.16. The van der Waals surface area contributed by atoms with Gasteiger partial charge in [0.2, 0.25) is 5.43 Å². The molecule has 0 saturated carbocycles. The Morgan fingerprint density at radius 3 is 2.44 bits per heavy atom. The van der Waals surface area contributed by atoms with E-state index in [1.165, 1.54) is 36.1 Å². The molecule has 0 spiro atoms. The molecule has 3 aromatic rings. The number of benzene rings is 2. The van der Waals surface area contributed by atoms with Gasteiger partial charge in [-0.15, -0.1) is 0 Å². The number of phenolic OH excluding ortho intramolecular Hbond substituents is 1. The summed E-state index contributed by atoms with van der Waals surface area (Å²) in [4.78, 5) is 24.0. The SMILES string of the molecule is COc1cc(OC(C)C)cc(-n2cc(C(=O)O)c(=O)c3ccc(O)cc32)c1. The van der Waals surface area contributed by atoms with Crippen molar-refractivity contribution in [1.29, 1.82) is 0 Å². The molecule has 140 valence electrons. The van der Waals surface area contributed by atoms with Crippen molar-refractivity contribution in [3.05, 3.63) is 58.4 Å². The molecule has 0 bridgehead atoms. The predicted octanol–water partition coefficient (Wildman–Crippen LogP) is 3.19. The zero-order valence-corrected chi connectivity index (χ0v) is 15.1.